The van der Waals surface area contributed by atoms with Crippen molar-refractivity contribution < 1.29 is 13.5 Å². The second kappa shape index (κ2) is 4.66. The Hall–Kier alpha value is -0.170. The predicted molar refractivity (Wildman–Crippen MR) is 42.1 cm³/mol. The Bertz CT molecular complexity index is 190. The zero-order valence-corrected chi connectivity index (χ0v) is 7.34. The summed E-state index contributed by atoms with van der Waals surface area (Å²) < 4.78 is 22.5. The van der Waals surface area contributed by atoms with E-state index < -0.39 is 10.2 Å². The molecule has 0 unspecified atom stereocenters. The lowest BCUT2D eigenvalue weighted by Gasteiger charge is -2.15. The number of hydrogen-bond acceptors (Lipinski definition) is 3. The van der Waals surface area contributed by atoms with Crippen molar-refractivity contribution in [2.45, 2.75) is 13.3 Å². The zero-order chi connectivity index (χ0) is 8.91. The molecule has 0 aromatic rings. The molecular weight excluding hydrogens is 168 g/mol. The third kappa shape index (κ3) is 4.31. The van der Waals surface area contributed by atoms with Crippen LogP contribution in [0, 0.1) is 0 Å². The third-order valence-electron chi connectivity index (χ3n) is 1.28. The van der Waals surface area contributed by atoms with Crippen molar-refractivity contribution in [1.82, 2.24) is 4.31 Å². The van der Waals surface area contributed by atoms with E-state index in [2.05, 4.69) is 0 Å². The molecule has 0 bridgehead atoms. The Balaban J connectivity index is 3.97. The number of aliphatic hydroxyl groups excluding tert-OH is 1. The first kappa shape index (κ1) is 10.8. The van der Waals surface area contributed by atoms with Gasteiger partial charge in [0, 0.05) is 19.7 Å². The lowest BCUT2D eigenvalue weighted by atomic mass is 10.4. The molecule has 0 aromatic heterocycles. The van der Waals surface area contributed by atoms with Gasteiger partial charge in [-0.25, -0.2) is 5.14 Å². The maximum Gasteiger partial charge on any atom is 0.276 e. The molecule has 0 radical (unpaired) electrons. The fraction of sp³-hybridized carbons (Fsp3) is 1.00. The largest absolute Gasteiger partial charge is 0.396 e. The molecule has 11 heavy (non-hydrogen) atoms. The number of aliphatic hydroxyl groups is 1. The third-order valence-corrected chi connectivity index (χ3v) is 2.44. The quantitative estimate of drug-likeness (QED) is 0.565. The molecule has 0 aliphatic heterocycles. The summed E-state index contributed by atoms with van der Waals surface area (Å²) in [5.74, 6) is 0. The molecular formula is C5H14N2O3S. The average Bonchev–Trinajstić information content (AvgIpc) is 1.87. The van der Waals surface area contributed by atoms with E-state index in [0.717, 1.165) is 4.31 Å². The minimum Gasteiger partial charge on any atom is -0.396 e. The summed E-state index contributed by atoms with van der Waals surface area (Å²) in [5.41, 5.74) is 0. The SMILES string of the molecule is CCN(CCCO)S(N)(=O)=O. The van der Waals surface area contributed by atoms with E-state index in [4.69, 9.17) is 10.2 Å². The highest BCUT2D eigenvalue weighted by atomic mass is 32.2. The average molecular weight is 182 g/mol. The Labute approximate surface area is 67.0 Å². The second-order valence-corrected chi connectivity index (χ2v) is 3.66. The molecule has 0 aliphatic carbocycles. The first-order valence-electron chi connectivity index (χ1n) is 3.41. The topological polar surface area (TPSA) is 83.6 Å². The molecule has 0 spiro atoms. The molecule has 0 rings (SSSR count). The molecule has 0 heterocycles. The van der Waals surface area contributed by atoms with Crippen LogP contribution in [-0.4, -0.2) is 37.5 Å². The van der Waals surface area contributed by atoms with Gasteiger partial charge in [0.05, 0.1) is 0 Å². The first-order chi connectivity index (χ1) is 5.02. The predicted octanol–water partition coefficient (Wildman–Crippen LogP) is -1.11. The lowest BCUT2D eigenvalue weighted by molar-refractivity contribution is 0.271. The van der Waals surface area contributed by atoms with E-state index in [-0.39, 0.29) is 13.2 Å². The summed E-state index contributed by atoms with van der Waals surface area (Å²) in [6, 6.07) is 0. The van der Waals surface area contributed by atoms with Crippen LogP contribution in [-0.2, 0) is 10.2 Å². The van der Waals surface area contributed by atoms with Crippen LogP contribution < -0.4 is 5.14 Å². The highest BCUT2D eigenvalue weighted by molar-refractivity contribution is 7.86. The Morgan fingerprint density at radius 3 is 2.36 bits per heavy atom. The van der Waals surface area contributed by atoms with Crippen LogP contribution >= 0.6 is 0 Å². The fourth-order valence-electron chi connectivity index (χ4n) is 0.712. The first-order valence-corrected chi connectivity index (χ1v) is 4.91. The van der Waals surface area contributed by atoms with Gasteiger partial charge in [-0.2, -0.15) is 12.7 Å². The molecule has 0 saturated heterocycles. The van der Waals surface area contributed by atoms with Crippen LogP contribution in [0.3, 0.4) is 0 Å². The summed E-state index contributed by atoms with van der Waals surface area (Å²) in [6.07, 6.45) is 0.421. The number of nitrogens with two attached hydrogens (primary N) is 1. The van der Waals surface area contributed by atoms with E-state index >= 15 is 0 Å². The molecule has 6 heteroatoms. The van der Waals surface area contributed by atoms with Gasteiger partial charge in [0.15, 0.2) is 0 Å². The highest BCUT2D eigenvalue weighted by Crippen LogP contribution is 1.94. The molecule has 3 N–H and O–H groups in total. The van der Waals surface area contributed by atoms with E-state index in [1.165, 1.54) is 0 Å². The second-order valence-electron chi connectivity index (χ2n) is 2.11. The van der Waals surface area contributed by atoms with Crippen molar-refractivity contribution in [1.29, 1.82) is 0 Å². The smallest absolute Gasteiger partial charge is 0.276 e. The minimum atomic E-state index is -3.56. The highest BCUT2D eigenvalue weighted by Gasteiger charge is 2.13. The van der Waals surface area contributed by atoms with Crippen LogP contribution in [0.5, 0.6) is 0 Å². The van der Waals surface area contributed by atoms with Gasteiger partial charge in [-0.15, -0.1) is 0 Å². The van der Waals surface area contributed by atoms with Gasteiger partial charge in [-0.05, 0) is 6.42 Å². The Morgan fingerprint density at radius 2 is 2.09 bits per heavy atom. The van der Waals surface area contributed by atoms with Gasteiger partial charge in [-0.1, -0.05) is 6.92 Å². The molecule has 68 valence electrons. The van der Waals surface area contributed by atoms with Crippen molar-refractivity contribution in [3.63, 3.8) is 0 Å². The van der Waals surface area contributed by atoms with Gasteiger partial charge in [0.2, 0.25) is 0 Å². The normalized spacial score (nSPS) is 12.4. The van der Waals surface area contributed by atoms with Crippen LogP contribution in [0.2, 0.25) is 0 Å². The van der Waals surface area contributed by atoms with Crippen molar-refractivity contribution >= 4 is 10.2 Å². The Kier molecular flexibility index (Phi) is 4.58. The van der Waals surface area contributed by atoms with Gasteiger partial charge < -0.3 is 5.11 Å². The summed E-state index contributed by atoms with van der Waals surface area (Å²) in [4.78, 5) is 0. The standard InChI is InChI=1S/C5H14N2O3S/c1-2-7(4-3-5-8)11(6,9)10/h8H,2-5H2,1H3,(H2,6,9,10). The van der Waals surface area contributed by atoms with Crippen molar-refractivity contribution in [2.24, 2.45) is 5.14 Å². The van der Waals surface area contributed by atoms with Crippen LogP contribution in [0.1, 0.15) is 13.3 Å². The van der Waals surface area contributed by atoms with Crippen molar-refractivity contribution in [3.05, 3.63) is 0 Å². The van der Waals surface area contributed by atoms with Crippen LogP contribution in [0.4, 0.5) is 0 Å². The molecule has 0 fully saturated rings. The molecule has 0 saturated carbocycles. The van der Waals surface area contributed by atoms with E-state index in [0.29, 0.717) is 13.0 Å². The summed E-state index contributed by atoms with van der Waals surface area (Å²) >= 11 is 0. The molecule has 0 aromatic carbocycles. The molecule has 0 aliphatic rings. The van der Waals surface area contributed by atoms with Crippen LogP contribution in [0.15, 0.2) is 0 Å². The van der Waals surface area contributed by atoms with E-state index in [9.17, 15) is 8.42 Å². The summed E-state index contributed by atoms with van der Waals surface area (Å²) in [6.45, 7) is 2.30. The molecule has 5 nitrogen and oxygen atoms in total. The maximum absolute atomic E-state index is 10.7. The van der Waals surface area contributed by atoms with Crippen molar-refractivity contribution in [2.75, 3.05) is 19.7 Å². The number of rotatable bonds is 5. The Morgan fingerprint density at radius 1 is 1.55 bits per heavy atom. The lowest BCUT2D eigenvalue weighted by Crippen LogP contribution is -2.37. The van der Waals surface area contributed by atoms with Crippen LogP contribution in [0.25, 0.3) is 0 Å². The number of nitrogens with zero attached hydrogens (tertiary/aromatic N) is 1. The summed E-state index contributed by atoms with van der Waals surface area (Å²) in [5, 5.41) is 13.3. The molecule has 0 amide bonds. The van der Waals surface area contributed by atoms with Gasteiger partial charge in [0.25, 0.3) is 10.2 Å². The van der Waals surface area contributed by atoms with E-state index in [1.807, 2.05) is 0 Å². The fourth-order valence-corrected chi connectivity index (χ4v) is 1.46. The zero-order valence-electron chi connectivity index (χ0n) is 6.52. The monoisotopic (exact) mass is 182 g/mol. The van der Waals surface area contributed by atoms with Gasteiger partial charge >= 0.3 is 0 Å². The number of hydrogen-bond donors (Lipinski definition) is 2. The van der Waals surface area contributed by atoms with Gasteiger partial charge in [-0.3, -0.25) is 0 Å². The summed E-state index contributed by atoms with van der Waals surface area (Å²) in [7, 11) is -3.56. The van der Waals surface area contributed by atoms with E-state index in [1.54, 1.807) is 6.92 Å². The molecule has 0 atom stereocenters. The van der Waals surface area contributed by atoms with Gasteiger partial charge in [0.1, 0.15) is 0 Å². The minimum absolute atomic E-state index is 0.0218. The van der Waals surface area contributed by atoms with Crippen molar-refractivity contribution in [3.8, 4) is 0 Å². The maximum atomic E-state index is 10.7.